The van der Waals surface area contributed by atoms with Crippen LogP contribution in [0.3, 0.4) is 0 Å². The van der Waals surface area contributed by atoms with Crippen molar-refractivity contribution in [1.82, 2.24) is 15.3 Å². The molecule has 1 atom stereocenters. The van der Waals surface area contributed by atoms with Crippen LogP contribution in [0.15, 0.2) is 12.4 Å². The maximum absolute atomic E-state index is 12.3. The van der Waals surface area contributed by atoms with Crippen molar-refractivity contribution in [1.29, 1.82) is 0 Å². The molecule has 114 valence electrons. The van der Waals surface area contributed by atoms with Gasteiger partial charge in [0.1, 0.15) is 17.8 Å². The molecule has 2 heterocycles. The third kappa shape index (κ3) is 3.52. The van der Waals surface area contributed by atoms with Crippen LogP contribution in [0.2, 0.25) is 0 Å². The fourth-order valence-electron chi connectivity index (χ4n) is 3.37. The quantitative estimate of drug-likeness (QED) is 0.928. The topological polar surface area (TPSA) is 58.1 Å². The van der Waals surface area contributed by atoms with Crippen molar-refractivity contribution in [2.24, 2.45) is 5.92 Å². The standard InChI is InChI=1S/C16H24N4O/c1-12-5-4-8-20(10-12)15-9-14(17-11-18-15)16(21)19-13-6-2-3-7-13/h9,11-13H,2-8,10H2,1H3,(H,19,21). The lowest BCUT2D eigenvalue weighted by molar-refractivity contribution is 0.0932. The Kier molecular flexibility index (Phi) is 4.36. The summed E-state index contributed by atoms with van der Waals surface area (Å²) < 4.78 is 0. The van der Waals surface area contributed by atoms with E-state index in [1.54, 1.807) is 0 Å². The molecular weight excluding hydrogens is 264 g/mol. The van der Waals surface area contributed by atoms with Gasteiger partial charge in [0.05, 0.1) is 0 Å². The van der Waals surface area contributed by atoms with E-state index < -0.39 is 0 Å². The van der Waals surface area contributed by atoms with Crippen LogP contribution >= 0.6 is 0 Å². The van der Waals surface area contributed by atoms with Crippen molar-refractivity contribution in [3.05, 3.63) is 18.1 Å². The fourth-order valence-corrected chi connectivity index (χ4v) is 3.37. The van der Waals surface area contributed by atoms with Gasteiger partial charge < -0.3 is 10.2 Å². The normalized spacial score (nSPS) is 23.3. The summed E-state index contributed by atoms with van der Waals surface area (Å²) in [7, 11) is 0. The molecule has 1 saturated carbocycles. The summed E-state index contributed by atoms with van der Waals surface area (Å²) >= 11 is 0. The Morgan fingerprint density at radius 3 is 2.81 bits per heavy atom. The van der Waals surface area contributed by atoms with E-state index in [2.05, 4.69) is 27.1 Å². The van der Waals surface area contributed by atoms with Gasteiger partial charge in [0, 0.05) is 25.2 Å². The van der Waals surface area contributed by atoms with E-state index in [4.69, 9.17) is 0 Å². The predicted molar refractivity (Wildman–Crippen MR) is 82.4 cm³/mol. The molecule has 1 aliphatic heterocycles. The SMILES string of the molecule is CC1CCCN(c2cc(C(=O)NC3CCCC3)ncn2)C1. The number of nitrogens with one attached hydrogen (secondary N) is 1. The Labute approximate surface area is 126 Å². The third-order valence-corrected chi connectivity index (χ3v) is 4.56. The fraction of sp³-hybridized carbons (Fsp3) is 0.688. The molecule has 1 aromatic heterocycles. The monoisotopic (exact) mass is 288 g/mol. The first-order valence-corrected chi connectivity index (χ1v) is 8.10. The molecular formula is C16H24N4O. The molecule has 5 heteroatoms. The van der Waals surface area contributed by atoms with Crippen LogP contribution in [0.25, 0.3) is 0 Å². The number of hydrogen-bond donors (Lipinski definition) is 1. The molecule has 1 aliphatic carbocycles. The molecule has 1 saturated heterocycles. The lowest BCUT2D eigenvalue weighted by atomic mass is 10.0. The predicted octanol–water partition coefficient (Wildman–Crippen LogP) is 2.39. The van der Waals surface area contributed by atoms with E-state index in [1.807, 2.05) is 6.07 Å². The highest BCUT2D eigenvalue weighted by Gasteiger charge is 2.21. The first-order chi connectivity index (χ1) is 10.2. The van der Waals surface area contributed by atoms with Crippen molar-refractivity contribution in [3.63, 3.8) is 0 Å². The number of nitrogens with zero attached hydrogens (tertiary/aromatic N) is 3. The van der Waals surface area contributed by atoms with Gasteiger partial charge in [-0.15, -0.1) is 0 Å². The summed E-state index contributed by atoms with van der Waals surface area (Å²) in [5.74, 6) is 1.51. The van der Waals surface area contributed by atoms with E-state index in [1.165, 1.54) is 32.0 Å². The van der Waals surface area contributed by atoms with Gasteiger partial charge in [-0.25, -0.2) is 9.97 Å². The van der Waals surface area contributed by atoms with Gasteiger partial charge in [0.25, 0.3) is 5.91 Å². The number of carbonyl (C=O) groups excluding carboxylic acids is 1. The Bertz CT molecular complexity index is 499. The first-order valence-electron chi connectivity index (χ1n) is 8.10. The van der Waals surface area contributed by atoms with Gasteiger partial charge in [0.2, 0.25) is 0 Å². The second kappa shape index (κ2) is 6.41. The minimum absolute atomic E-state index is 0.0596. The van der Waals surface area contributed by atoms with Gasteiger partial charge in [-0.2, -0.15) is 0 Å². The van der Waals surface area contributed by atoms with Crippen LogP contribution in [0.5, 0.6) is 0 Å². The maximum Gasteiger partial charge on any atom is 0.270 e. The Balaban J connectivity index is 1.68. The summed E-state index contributed by atoms with van der Waals surface area (Å²) in [6.45, 7) is 4.30. The van der Waals surface area contributed by atoms with E-state index in [9.17, 15) is 4.79 Å². The molecule has 0 bridgehead atoms. The van der Waals surface area contributed by atoms with Gasteiger partial charge in [-0.05, 0) is 31.6 Å². The van der Waals surface area contributed by atoms with Crippen LogP contribution in [0.4, 0.5) is 5.82 Å². The number of carbonyl (C=O) groups is 1. The zero-order chi connectivity index (χ0) is 14.7. The van der Waals surface area contributed by atoms with Gasteiger partial charge >= 0.3 is 0 Å². The second-order valence-corrected chi connectivity index (χ2v) is 6.41. The van der Waals surface area contributed by atoms with Crippen LogP contribution in [0, 0.1) is 5.92 Å². The van der Waals surface area contributed by atoms with Crippen molar-refractivity contribution < 1.29 is 4.79 Å². The van der Waals surface area contributed by atoms with Crippen molar-refractivity contribution in [3.8, 4) is 0 Å². The molecule has 1 N–H and O–H groups in total. The smallest absolute Gasteiger partial charge is 0.270 e. The number of aromatic nitrogens is 2. The molecule has 5 nitrogen and oxygen atoms in total. The molecule has 2 fully saturated rings. The summed E-state index contributed by atoms with van der Waals surface area (Å²) in [6, 6.07) is 2.16. The van der Waals surface area contributed by atoms with Gasteiger partial charge in [0.15, 0.2) is 0 Å². The molecule has 1 amide bonds. The summed E-state index contributed by atoms with van der Waals surface area (Å²) in [4.78, 5) is 23.0. The van der Waals surface area contributed by atoms with Crippen molar-refractivity contribution in [2.45, 2.75) is 51.5 Å². The molecule has 3 rings (SSSR count). The highest BCUT2D eigenvalue weighted by atomic mass is 16.1. The second-order valence-electron chi connectivity index (χ2n) is 6.41. The number of anilines is 1. The summed E-state index contributed by atoms with van der Waals surface area (Å²) in [6.07, 6.45) is 8.58. The highest BCUT2D eigenvalue weighted by molar-refractivity contribution is 5.93. The minimum Gasteiger partial charge on any atom is -0.356 e. The van der Waals surface area contributed by atoms with Crippen LogP contribution in [-0.2, 0) is 0 Å². The molecule has 0 radical (unpaired) electrons. The van der Waals surface area contributed by atoms with Crippen molar-refractivity contribution in [2.75, 3.05) is 18.0 Å². The number of amides is 1. The van der Waals surface area contributed by atoms with Crippen molar-refractivity contribution >= 4 is 11.7 Å². The van der Waals surface area contributed by atoms with Crippen LogP contribution in [0.1, 0.15) is 55.9 Å². The number of piperidine rings is 1. The molecule has 1 unspecified atom stereocenters. The Hall–Kier alpha value is -1.65. The molecule has 1 aromatic rings. The Morgan fingerprint density at radius 2 is 2.05 bits per heavy atom. The Morgan fingerprint density at radius 1 is 1.24 bits per heavy atom. The maximum atomic E-state index is 12.3. The minimum atomic E-state index is -0.0596. The molecule has 0 aromatic carbocycles. The van der Waals surface area contributed by atoms with E-state index in [0.29, 0.717) is 17.7 Å². The number of hydrogen-bond acceptors (Lipinski definition) is 4. The average molecular weight is 288 g/mol. The lowest BCUT2D eigenvalue weighted by Gasteiger charge is -2.31. The van der Waals surface area contributed by atoms with Gasteiger partial charge in [-0.3, -0.25) is 4.79 Å². The highest BCUT2D eigenvalue weighted by Crippen LogP contribution is 2.22. The molecule has 2 aliphatic rings. The largest absolute Gasteiger partial charge is 0.356 e. The van der Waals surface area contributed by atoms with Gasteiger partial charge in [-0.1, -0.05) is 19.8 Å². The lowest BCUT2D eigenvalue weighted by Crippen LogP contribution is -2.36. The van der Waals surface area contributed by atoms with Crippen LogP contribution in [-0.4, -0.2) is 35.0 Å². The molecule has 0 spiro atoms. The number of rotatable bonds is 3. The van der Waals surface area contributed by atoms with E-state index in [0.717, 1.165) is 31.7 Å². The molecule has 21 heavy (non-hydrogen) atoms. The average Bonchev–Trinajstić information content (AvgIpc) is 3.00. The van der Waals surface area contributed by atoms with E-state index >= 15 is 0 Å². The summed E-state index contributed by atoms with van der Waals surface area (Å²) in [5, 5.41) is 3.09. The zero-order valence-electron chi connectivity index (χ0n) is 12.7. The first kappa shape index (κ1) is 14.3. The zero-order valence-corrected chi connectivity index (χ0v) is 12.7. The van der Waals surface area contributed by atoms with E-state index in [-0.39, 0.29) is 5.91 Å². The van der Waals surface area contributed by atoms with Crippen LogP contribution < -0.4 is 10.2 Å². The third-order valence-electron chi connectivity index (χ3n) is 4.56. The summed E-state index contributed by atoms with van der Waals surface area (Å²) in [5.41, 5.74) is 0.491.